The van der Waals surface area contributed by atoms with E-state index in [0.717, 1.165) is 0 Å². The average Bonchev–Trinajstić information content (AvgIpc) is 2.61. The number of benzene rings is 2. The molecule has 0 fully saturated rings. The maximum absolute atomic E-state index is 12.1. The summed E-state index contributed by atoms with van der Waals surface area (Å²) < 4.78 is 15.4. The number of amides is 1. The minimum atomic E-state index is -0.450. The van der Waals surface area contributed by atoms with Crippen LogP contribution in [-0.2, 0) is 9.53 Å². The summed E-state index contributed by atoms with van der Waals surface area (Å²) in [6, 6.07) is 12.1. The highest BCUT2D eigenvalue weighted by atomic mass is 16.5. The summed E-state index contributed by atoms with van der Waals surface area (Å²) in [5.74, 6) is 0.240. The molecule has 6 heteroatoms. The minimum Gasteiger partial charge on any atom is -0.493 e. The van der Waals surface area contributed by atoms with Crippen LogP contribution in [0.15, 0.2) is 42.5 Å². The second-order valence-electron chi connectivity index (χ2n) is 4.96. The standard InChI is InChI=1S/C18H19NO5/c1-12-13(18(21)23-3)7-6-8-14(12)19-17(20)11-24-16-10-5-4-9-15(16)22-2/h4-10H,11H2,1-3H3,(H,19,20). The summed E-state index contributed by atoms with van der Waals surface area (Å²) in [5, 5.41) is 2.72. The van der Waals surface area contributed by atoms with Crippen LogP contribution in [0.25, 0.3) is 0 Å². The van der Waals surface area contributed by atoms with E-state index < -0.39 is 5.97 Å². The number of ether oxygens (including phenoxy) is 3. The maximum atomic E-state index is 12.1. The first-order valence-corrected chi connectivity index (χ1v) is 7.30. The van der Waals surface area contributed by atoms with E-state index in [-0.39, 0.29) is 12.5 Å². The molecular formula is C18H19NO5. The van der Waals surface area contributed by atoms with Gasteiger partial charge in [-0.2, -0.15) is 0 Å². The van der Waals surface area contributed by atoms with Gasteiger partial charge in [-0.05, 0) is 36.8 Å². The number of carbonyl (C=O) groups is 2. The Bertz CT molecular complexity index is 742. The van der Waals surface area contributed by atoms with E-state index in [0.29, 0.717) is 28.3 Å². The first-order valence-electron chi connectivity index (χ1n) is 7.30. The van der Waals surface area contributed by atoms with Gasteiger partial charge >= 0.3 is 5.97 Å². The van der Waals surface area contributed by atoms with Gasteiger partial charge in [0.05, 0.1) is 19.8 Å². The molecule has 0 heterocycles. The Balaban J connectivity index is 2.04. The van der Waals surface area contributed by atoms with Crippen LogP contribution in [0.1, 0.15) is 15.9 Å². The lowest BCUT2D eigenvalue weighted by atomic mass is 10.1. The number of methoxy groups -OCH3 is 2. The predicted molar refractivity (Wildman–Crippen MR) is 89.6 cm³/mol. The second kappa shape index (κ2) is 8.01. The highest BCUT2D eigenvalue weighted by Crippen LogP contribution is 2.26. The zero-order valence-electron chi connectivity index (χ0n) is 13.8. The lowest BCUT2D eigenvalue weighted by Gasteiger charge is -2.13. The van der Waals surface area contributed by atoms with Gasteiger partial charge in [0.15, 0.2) is 18.1 Å². The number of anilines is 1. The van der Waals surface area contributed by atoms with Crippen molar-refractivity contribution in [3.63, 3.8) is 0 Å². The van der Waals surface area contributed by atoms with Crippen LogP contribution in [-0.4, -0.2) is 32.7 Å². The number of esters is 1. The summed E-state index contributed by atoms with van der Waals surface area (Å²) in [6.45, 7) is 1.56. The Morgan fingerprint density at radius 1 is 1.00 bits per heavy atom. The van der Waals surface area contributed by atoms with Gasteiger partial charge in [0, 0.05) is 5.69 Å². The van der Waals surface area contributed by atoms with Crippen molar-refractivity contribution >= 4 is 17.6 Å². The third kappa shape index (κ3) is 4.04. The summed E-state index contributed by atoms with van der Waals surface area (Å²) >= 11 is 0. The van der Waals surface area contributed by atoms with Crippen LogP contribution >= 0.6 is 0 Å². The molecule has 0 aliphatic heterocycles. The number of hydrogen-bond acceptors (Lipinski definition) is 5. The van der Waals surface area contributed by atoms with E-state index in [2.05, 4.69) is 5.32 Å². The lowest BCUT2D eigenvalue weighted by Crippen LogP contribution is -2.21. The molecule has 0 aliphatic carbocycles. The van der Waals surface area contributed by atoms with Crippen LogP contribution in [0.5, 0.6) is 11.5 Å². The van der Waals surface area contributed by atoms with Crippen LogP contribution in [0, 0.1) is 6.92 Å². The van der Waals surface area contributed by atoms with Crippen LogP contribution in [0.3, 0.4) is 0 Å². The number of hydrogen-bond donors (Lipinski definition) is 1. The van der Waals surface area contributed by atoms with Crippen molar-refractivity contribution in [1.82, 2.24) is 0 Å². The van der Waals surface area contributed by atoms with Gasteiger partial charge in [0.2, 0.25) is 0 Å². The van der Waals surface area contributed by atoms with Crippen molar-refractivity contribution in [2.24, 2.45) is 0 Å². The Morgan fingerprint density at radius 2 is 1.71 bits per heavy atom. The van der Waals surface area contributed by atoms with Crippen molar-refractivity contribution in [1.29, 1.82) is 0 Å². The molecule has 0 unspecified atom stereocenters. The van der Waals surface area contributed by atoms with Gasteiger partial charge in [0.25, 0.3) is 5.91 Å². The molecule has 1 N–H and O–H groups in total. The van der Waals surface area contributed by atoms with Gasteiger partial charge in [-0.25, -0.2) is 4.79 Å². The van der Waals surface area contributed by atoms with E-state index >= 15 is 0 Å². The SMILES string of the molecule is COC(=O)c1cccc(NC(=O)COc2ccccc2OC)c1C. The van der Waals surface area contributed by atoms with E-state index in [1.807, 2.05) is 6.07 Å². The Morgan fingerprint density at radius 3 is 2.38 bits per heavy atom. The molecule has 0 atom stereocenters. The topological polar surface area (TPSA) is 73.9 Å². The number of rotatable bonds is 6. The summed E-state index contributed by atoms with van der Waals surface area (Å²) in [6.07, 6.45) is 0. The molecule has 0 aliphatic rings. The van der Waals surface area contributed by atoms with Gasteiger partial charge in [0.1, 0.15) is 0 Å². The van der Waals surface area contributed by atoms with Gasteiger partial charge < -0.3 is 19.5 Å². The molecule has 24 heavy (non-hydrogen) atoms. The Kier molecular flexibility index (Phi) is 5.78. The molecule has 0 bridgehead atoms. The van der Waals surface area contributed by atoms with Gasteiger partial charge in [-0.15, -0.1) is 0 Å². The number of carbonyl (C=O) groups excluding carboxylic acids is 2. The normalized spacial score (nSPS) is 9.96. The monoisotopic (exact) mass is 329 g/mol. The fourth-order valence-corrected chi connectivity index (χ4v) is 2.17. The Hall–Kier alpha value is -3.02. The predicted octanol–water partition coefficient (Wildman–Crippen LogP) is 2.81. The van der Waals surface area contributed by atoms with Crippen molar-refractivity contribution in [2.75, 3.05) is 26.1 Å². The van der Waals surface area contributed by atoms with Crippen LogP contribution in [0.2, 0.25) is 0 Å². The fraction of sp³-hybridized carbons (Fsp3) is 0.222. The molecule has 0 spiro atoms. The second-order valence-corrected chi connectivity index (χ2v) is 4.96. The fourth-order valence-electron chi connectivity index (χ4n) is 2.17. The lowest BCUT2D eigenvalue weighted by molar-refractivity contribution is -0.118. The minimum absolute atomic E-state index is 0.178. The Labute approximate surface area is 140 Å². The molecule has 6 nitrogen and oxygen atoms in total. The number of para-hydroxylation sites is 2. The first kappa shape index (κ1) is 17.3. The largest absolute Gasteiger partial charge is 0.493 e. The molecule has 2 aromatic carbocycles. The molecule has 0 saturated heterocycles. The highest BCUT2D eigenvalue weighted by molar-refractivity contribution is 5.97. The summed E-state index contributed by atoms with van der Waals surface area (Å²) in [4.78, 5) is 23.8. The van der Waals surface area contributed by atoms with Crippen molar-refractivity contribution in [3.05, 3.63) is 53.6 Å². The van der Waals surface area contributed by atoms with Crippen molar-refractivity contribution < 1.29 is 23.8 Å². The van der Waals surface area contributed by atoms with E-state index in [4.69, 9.17) is 14.2 Å². The number of nitrogens with one attached hydrogen (secondary N) is 1. The first-order chi connectivity index (χ1) is 11.6. The maximum Gasteiger partial charge on any atom is 0.338 e. The molecule has 2 rings (SSSR count). The summed E-state index contributed by atoms with van der Waals surface area (Å²) in [7, 11) is 2.85. The molecule has 0 aromatic heterocycles. The van der Waals surface area contributed by atoms with Crippen LogP contribution < -0.4 is 14.8 Å². The van der Waals surface area contributed by atoms with E-state index in [1.165, 1.54) is 14.2 Å². The van der Waals surface area contributed by atoms with Gasteiger partial charge in [-0.1, -0.05) is 18.2 Å². The molecule has 2 aromatic rings. The van der Waals surface area contributed by atoms with E-state index in [1.54, 1.807) is 43.3 Å². The molecule has 126 valence electrons. The average molecular weight is 329 g/mol. The summed E-state index contributed by atoms with van der Waals surface area (Å²) in [5.41, 5.74) is 1.57. The third-order valence-corrected chi connectivity index (χ3v) is 3.44. The van der Waals surface area contributed by atoms with E-state index in [9.17, 15) is 9.59 Å². The van der Waals surface area contributed by atoms with Gasteiger partial charge in [-0.3, -0.25) is 4.79 Å². The third-order valence-electron chi connectivity index (χ3n) is 3.44. The molecule has 0 radical (unpaired) electrons. The smallest absolute Gasteiger partial charge is 0.338 e. The zero-order valence-corrected chi connectivity index (χ0v) is 13.8. The highest BCUT2D eigenvalue weighted by Gasteiger charge is 2.14. The van der Waals surface area contributed by atoms with Crippen LogP contribution in [0.4, 0.5) is 5.69 Å². The quantitative estimate of drug-likeness (QED) is 0.825. The van der Waals surface area contributed by atoms with Crippen molar-refractivity contribution in [3.8, 4) is 11.5 Å². The molecular weight excluding hydrogens is 310 g/mol. The molecule has 1 amide bonds. The molecule has 0 saturated carbocycles. The zero-order chi connectivity index (χ0) is 17.5. The van der Waals surface area contributed by atoms with Crippen molar-refractivity contribution in [2.45, 2.75) is 6.92 Å².